The van der Waals surface area contributed by atoms with Crippen LogP contribution < -0.4 is 10.1 Å². The highest BCUT2D eigenvalue weighted by molar-refractivity contribution is 6.44. The van der Waals surface area contributed by atoms with Crippen LogP contribution in [0.3, 0.4) is 0 Å². The molecule has 2 N–H and O–H groups in total. The summed E-state index contributed by atoms with van der Waals surface area (Å²) in [5.41, 5.74) is 3.18. The molecule has 0 saturated carbocycles. The number of para-hydroxylation sites is 2. The second kappa shape index (κ2) is 9.97. The molecule has 3 aromatic carbocycles. The van der Waals surface area contributed by atoms with Gasteiger partial charge in [0.1, 0.15) is 17.6 Å². The number of carbonyl (C=O) groups is 1. The number of nitrogens with one attached hydrogen (secondary N) is 2. The number of ether oxygens (including phenoxy) is 1. The topological polar surface area (TPSA) is 90.8 Å². The number of aromatic nitrogens is 2. The largest absolute Gasteiger partial charge is 0.484 e. The minimum Gasteiger partial charge on any atom is -0.484 e. The number of imidazole rings is 1. The lowest BCUT2D eigenvalue weighted by molar-refractivity contribution is -0.118. The molecule has 4 rings (SSSR count). The van der Waals surface area contributed by atoms with Crippen LogP contribution in [0, 0.1) is 11.3 Å². The number of allylic oxidation sites excluding steroid dienone is 1. The van der Waals surface area contributed by atoms with Crippen molar-refractivity contribution in [2.75, 3.05) is 11.9 Å². The van der Waals surface area contributed by atoms with E-state index in [1.807, 2.05) is 24.3 Å². The summed E-state index contributed by atoms with van der Waals surface area (Å²) in [5, 5.41) is 13.0. The molecule has 0 atom stereocenters. The molecule has 0 aliphatic carbocycles. The monoisotopic (exact) mass is 496 g/mol. The first-order valence-electron chi connectivity index (χ1n) is 9.67. The van der Waals surface area contributed by atoms with Gasteiger partial charge >= 0.3 is 0 Å². The van der Waals surface area contributed by atoms with Crippen LogP contribution in [-0.2, 0) is 4.79 Å². The SMILES string of the molecule is N#C/C(=C\c1ccc(OCC(=O)Nc2cc(Cl)c(Cl)cc2Cl)cc1)c1nc2ccccc2[nH]1. The lowest BCUT2D eigenvalue weighted by Crippen LogP contribution is -2.20. The standard InChI is InChI=1S/C24H15Cl3N4O2/c25-17-10-19(27)22(11-18(17)26)29-23(32)13-33-16-7-5-14(6-8-16)9-15(12-28)24-30-20-3-1-2-4-21(20)31-24/h1-11H,13H2,(H,29,32)(H,30,31)/b15-9+. The lowest BCUT2D eigenvalue weighted by atomic mass is 10.1. The maximum absolute atomic E-state index is 12.2. The average Bonchev–Trinajstić information content (AvgIpc) is 3.24. The number of hydrogen-bond acceptors (Lipinski definition) is 4. The third-order valence-corrected chi connectivity index (χ3v) is 5.64. The summed E-state index contributed by atoms with van der Waals surface area (Å²) in [6.45, 7) is -0.228. The fourth-order valence-corrected chi connectivity index (χ4v) is 3.61. The molecule has 33 heavy (non-hydrogen) atoms. The number of aromatic amines is 1. The molecule has 0 fully saturated rings. The molecule has 0 aliphatic rings. The van der Waals surface area contributed by atoms with Crippen LogP contribution >= 0.6 is 34.8 Å². The normalized spacial score (nSPS) is 11.3. The van der Waals surface area contributed by atoms with Crippen LogP contribution in [0.2, 0.25) is 15.1 Å². The van der Waals surface area contributed by atoms with Gasteiger partial charge in [0.15, 0.2) is 6.61 Å². The lowest BCUT2D eigenvalue weighted by Gasteiger charge is -2.10. The summed E-state index contributed by atoms with van der Waals surface area (Å²) in [4.78, 5) is 19.8. The second-order valence-electron chi connectivity index (χ2n) is 6.92. The molecule has 0 bridgehead atoms. The molecule has 1 heterocycles. The fraction of sp³-hybridized carbons (Fsp3) is 0.0417. The van der Waals surface area contributed by atoms with Crippen molar-refractivity contribution >= 4 is 69.1 Å². The van der Waals surface area contributed by atoms with Gasteiger partial charge in [-0.05, 0) is 48.0 Å². The Hall–Kier alpha value is -3.50. The Morgan fingerprint density at radius 1 is 1.06 bits per heavy atom. The zero-order valence-corrected chi connectivity index (χ0v) is 19.2. The predicted molar refractivity (Wildman–Crippen MR) is 132 cm³/mol. The average molecular weight is 498 g/mol. The summed E-state index contributed by atoms with van der Waals surface area (Å²) in [6, 6.07) is 19.6. The minimum atomic E-state index is -0.407. The van der Waals surface area contributed by atoms with E-state index in [1.165, 1.54) is 12.1 Å². The van der Waals surface area contributed by atoms with E-state index in [4.69, 9.17) is 39.5 Å². The van der Waals surface area contributed by atoms with Crippen LogP contribution in [0.4, 0.5) is 5.69 Å². The highest BCUT2D eigenvalue weighted by atomic mass is 35.5. The Balaban J connectivity index is 1.40. The number of carbonyl (C=O) groups excluding carboxylic acids is 1. The number of halogens is 3. The molecule has 9 heteroatoms. The Kier molecular flexibility index (Phi) is 6.85. The van der Waals surface area contributed by atoms with Crippen LogP contribution in [0.5, 0.6) is 5.75 Å². The quantitative estimate of drug-likeness (QED) is 0.232. The molecule has 1 amide bonds. The molecule has 0 radical (unpaired) electrons. The zero-order valence-electron chi connectivity index (χ0n) is 16.9. The van der Waals surface area contributed by atoms with Crippen molar-refractivity contribution in [3.63, 3.8) is 0 Å². The van der Waals surface area contributed by atoms with Crippen molar-refractivity contribution in [2.24, 2.45) is 0 Å². The van der Waals surface area contributed by atoms with E-state index >= 15 is 0 Å². The van der Waals surface area contributed by atoms with Gasteiger partial charge in [-0.2, -0.15) is 5.26 Å². The zero-order chi connectivity index (χ0) is 23.4. The molecule has 0 unspecified atom stereocenters. The maximum Gasteiger partial charge on any atom is 0.262 e. The van der Waals surface area contributed by atoms with Crippen LogP contribution in [0.25, 0.3) is 22.7 Å². The van der Waals surface area contributed by atoms with Crippen molar-refractivity contribution in [1.29, 1.82) is 5.26 Å². The molecule has 164 valence electrons. The molecule has 6 nitrogen and oxygen atoms in total. The van der Waals surface area contributed by atoms with Crippen LogP contribution in [-0.4, -0.2) is 22.5 Å². The number of H-pyrrole nitrogens is 1. The molecule has 1 aromatic heterocycles. The van der Waals surface area contributed by atoms with E-state index < -0.39 is 5.91 Å². The Labute approximate surface area is 204 Å². The van der Waals surface area contributed by atoms with Gasteiger partial charge in [0.2, 0.25) is 0 Å². The second-order valence-corrected chi connectivity index (χ2v) is 8.15. The third-order valence-electron chi connectivity index (χ3n) is 4.61. The van der Waals surface area contributed by atoms with Crippen molar-refractivity contribution < 1.29 is 9.53 Å². The molecular formula is C24H15Cl3N4O2. The fourth-order valence-electron chi connectivity index (χ4n) is 3.01. The van der Waals surface area contributed by atoms with Crippen molar-refractivity contribution in [3.8, 4) is 11.8 Å². The highest BCUT2D eigenvalue weighted by Gasteiger charge is 2.11. The Morgan fingerprint density at radius 2 is 1.79 bits per heavy atom. The van der Waals surface area contributed by atoms with Gasteiger partial charge in [0.25, 0.3) is 5.91 Å². The van der Waals surface area contributed by atoms with Crippen LogP contribution in [0.15, 0.2) is 60.7 Å². The van der Waals surface area contributed by atoms with E-state index in [9.17, 15) is 10.1 Å². The van der Waals surface area contributed by atoms with Gasteiger partial charge < -0.3 is 15.0 Å². The van der Waals surface area contributed by atoms with E-state index in [0.29, 0.717) is 27.9 Å². The van der Waals surface area contributed by atoms with E-state index in [0.717, 1.165) is 16.6 Å². The summed E-state index contributed by atoms with van der Waals surface area (Å²) in [7, 11) is 0. The Morgan fingerprint density at radius 3 is 2.52 bits per heavy atom. The maximum atomic E-state index is 12.2. The first-order valence-corrected chi connectivity index (χ1v) is 10.8. The number of nitriles is 1. The smallest absolute Gasteiger partial charge is 0.262 e. The van der Waals surface area contributed by atoms with Gasteiger partial charge in [-0.3, -0.25) is 4.79 Å². The summed E-state index contributed by atoms with van der Waals surface area (Å²) in [5.74, 6) is 0.581. The van der Waals surface area contributed by atoms with Crippen LogP contribution in [0.1, 0.15) is 11.4 Å². The molecule has 4 aromatic rings. The van der Waals surface area contributed by atoms with Gasteiger partial charge in [-0.15, -0.1) is 0 Å². The number of benzene rings is 3. The summed E-state index contributed by atoms with van der Waals surface area (Å²) in [6.07, 6.45) is 1.72. The van der Waals surface area contributed by atoms with E-state index in [1.54, 1.807) is 30.3 Å². The number of anilines is 1. The Bertz CT molecular complexity index is 1370. The predicted octanol–water partition coefficient (Wildman–Crippen LogP) is 6.60. The van der Waals surface area contributed by atoms with Gasteiger partial charge in [0.05, 0.1) is 37.4 Å². The molecule has 0 aliphatic heterocycles. The van der Waals surface area contributed by atoms with E-state index in [-0.39, 0.29) is 16.7 Å². The molecule has 0 saturated heterocycles. The molecule has 0 spiro atoms. The summed E-state index contributed by atoms with van der Waals surface area (Å²) < 4.78 is 5.53. The van der Waals surface area contributed by atoms with Gasteiger partial charge in [0, 0.05) is 0 Å². The number of fused-ring (bicyclic) bond motifs is 1. The van der Waals surface area contributed by atoms with Crippen molar-refractivity contribution in [3.05, 3.63) is 87.1 Å². The summed E-state index contributed by atoms with van der Waals surface area (Å²) >= 11 is 17.9. The number of hydrogen-bond donors (Lipinski definition) is 2. The first kappa shape index (κ1) is 22.7. The third kappa shape index (κ3) is 5.47. The number of amides is 1. The van der Waals surface area contributed by atoms with Gasteiger partial charge in [-0.1, -0.05) is 59.1 Å². The minimum absolute atomic E-state index is 0.228. The number of nitrogens with zero attached hydrogens (tertiary/aromatic N) is 2. The highest BCUT2D eigenvalue weighted by Crippen LogP contribution is 2.32. The first-order chi connectivity index (χ1) is 15.9. The number of rotatable bonds is 6. The van der Waals surface area contributed by atoms with E-state index in [2.05, 4.69) is 21.4 Å². The van der Waals surface area contributed by atoms with Crippen molar-refractivity contribution in [1.82, 2.24) is 9.97 Å². The van der Waals surface area contributed by atoms with Gasteiger partial charge in [-0.25, -0.2) is 4.98 Å². The molecular weight excluding hydrogens is 483 g/mol. The van der Waals surface area contributed by atoms with Crippen molar-refractivity contribution in [2.45, 2.75) is 0 Å².